The SMILES string of the molecule is N#Cc1ccc(Nc2nc(Oc3ccnc4ccc(Br)cc34)nc(N3CCN(c4ccc(F)cc4)CC3)n2)cc1. The summed E-state index contributed by atoms with van der Waals surface area (Å²) in [6.45, 7) is 2.74. The molecule has 3 aromatic carbocycles. The van der Waals surface area contributed by atoms with Crippen molar-refractivity contribution in [1.29, 1.82) is 5.26 Å². The highest BCUT2D eigenvalue weighted by atomic mass is 79.9. The second kappa shape index (κ2) is 11.1. The lowest BCUT2D eigenvalue weighted by atomic mass is 10.2. The van der Waals surface area contributed by atoms with Crippen LogP contribution in [0.4, 0.5) is 27.7 Å². The summed E-state index contributed by atoms with van der Waals surface area (Å²) in [7, 11) is 0. The molecule has 40 heavy (non-hydrogen) atoms. The molecule has 0 saturated carbocycles. The molecule has 0 spiro atoms. The molecule has 1 aliphatic rings. The molecule has 0 bridgehead atoms. The Kier molecular flexibility index (Phi) is 7.08. The zero-order chi connectivity index (χ0) is 27.5. The number of halogens is 2. The Bertz CT molecular complexity index is 1700. The number of anilines is 4. The first-order valence-electron chi connectivity index (χ1n) is 12.5. The Hall–Kier alpha value is -4.82. The number of nitrogens with one attached hydrogen (secondary N) is 1. The van der Waals surface area contributed by atoms with Crippen LogP contribution in [-0.2, 0) is 0 Å². The third kappa shape index (κ3) is 5.62. The number of nitrogens with zero attached hydrogens (tertiary/aromatic N) is 7. The average molecular weight is 597 g/mol. The van der Waals surface area contributed by atoms with E-state index in [4.69, 9.17) is 10.00 Å². The molecule has 5 aromatic rings. The lowest BCUT2D eigenvalue weighted by molar-refractivity contribution is 0.444. The van der Waals surface area contributed by atoms with Gasteiger partial charge in [-0.1, -0.05) is 15.9 Å². The summed E-state index contributed by atoms with van der Waals surface area (Å²) in [5.74, 6) is 1.09. The fraction of sp³-hybridized carbons (Fsp3) is 0.138. The van der Waals surface area contributed by atoms with Crippen LogP contribution >= 0.6 is 15.9 Å². The van der Waals surface area contributed by atoms with E-state index in [-0.39, 0.29) is 11.8 Å². The maximum Gasteiger partial charge on any atom is 0.328 e. The van der Waals surface area contributed by atoms with Crippen molar-refractivity contribution in [2.75, 3.05) is 41.3 Å². The summed E-state index contributed by atoms with van der Waals surface area (Å²) < 4.78 is 20.5. The van der Waals surface area contributed by atoms with E-state index in [1.165, 1.54) is 12.1 Å². The quantitative estimate of drug-likeness (QED) is 0.250. The van der Waals surface area contributed by atoms with Gasteiger partial charge in [0.2, 0.25) is 11.9 Å². The van der Waals surface area contributed by atoms with E-state index in [2.05, 4.69) is 57.1 Å². The van der Waals surface area contributed by atoms with E-state index in [0.29, 0.717) is 36.3 Å². The molecule has 11 heteroatoms. The maximum atomic E-state index is 13.4. The van der Waals surface area contributed by atoms with Crippen LogP contribution in [0.25, 0.3) is 10.9 Å². The molecule has 6 rings (SSSR count). The average Bonchev–Trinajstić information content (AvgIpc) is 2.98. The highest BCUT2D eigenvalue weighted by Crippen LogP contribution is 2.31. The summed E-state index contributed by atoms with van der Waals surface area (Å²) >= 11 is 3.52. The van der Waals surface area contributed by atoms with Crippen molar-refractivity contribution in [3.63, 3.8) is 0 Å². The van der Waals surface area contributed by atoms with Gasteiger partial charge >= 0.3 is 6.01 Å². The molecule has 0 amide bonds. The molecule has 1 fully saturated rings. The van der Waals surface area contributed by atoms with Gasteiger partial charge in [0.05, 0.1) is 17.1 Å². The topological polar surface area (TPSA) is 103 Å². The van der Waals surface area contributed by atoms with Crippen LogP contribution in [0.2, 0.25) is 0 Å². The molecule has 1 saturated heterocycles. The third-order valence-corrected chi connectivity index (χ3v) is 6.99. The van der Waals surface area contributed by atoms with E-state index in [1.807, 2.05) is 18.2 Å². The minimum absolute atomic E-state index is 0.134. The van der Waals surface area contributed by atoms with Crippen LogP contribution in [0.5, 0.6) is 11.8 Å². The first-order valence-corrected chi connectivity index (χ1v) is 13.3. The maximum absolute atomic E-state index is 13.4. The number of aromatic nitrogens is 4. The second-order valence-electron chi connectivity index (χ2n) is 9.08. The van der Waals surface area contributed by atoms with Gasteiger partial charge in [0.1, 0.15) is 11.6 Å². The zero-order valence-electron chi connectivity index (χ0n) is 21.1. The van der Waals surface area contributed by atoms with Crippen LogP contribution in [-0.4, -0.2) is 46.1 Å². The number of hydrogen-bond donors (Lipinski definition) is 1. The highest BCUT2D eigenvalue weighted by Gasteiger charge is 2.22. The molecular weight excluding hydrogens is 575 g/mol. The van der Waals surface area contributed by atoms with Crippen molar-refractivity contribution in [2.45, 2.75) is 0 Å². The minimum atomic E-state index is -0.253. The number of pyridine rings is 1. The first kappa shape index (κ1) is 25.5. The standard InChI is InChI=1S/C29H22BrFN8O/c30-20-3-10-25-24(17-20)26(11-12-33-25)40-29-36-27(34-22-6-1-19(18-32)2-7-22)35-28(37-29)39-15-13-38(14-16-39)23-8-4-21(31)5-9-23/h1-12,17H,13-16H2,(H,34,35,36,37). The summed E-state index contributed by atoms with van der Waals surface area (Å²) in [4.78, 5) is 22.6. The van der Waals surface area contributed by atoms with Gasteiger partial charge in [-0.15, -0.1) is 0 Å². The number of benzene rings is 3. The van der Waals surface area contributed by atoms with E-state index in [9.17, 15) is 4.39 Å². The zero-order valence-corrected chi connectivity index (χ0v) is 22.7. The van der Waals surface area contributed by atoms with Gasteiger partial charge in [-0.3, -0.25) is 4.98 Å². The Morgan fingerprint density at radius 2 is 1.62 bits per heavy atom. The lowest BCUT2D eigenvalue weighted by Crippen LogP contribution is -2.47. The fourth-order valence-corrected chi connectivity index (χ4v) is 4.80. The van der Waals surface area contributed by atoms with E-state index in [1.54, 1.807) is 48.7 Å². The molecule has 3 heterocycles. The van der Waals surface area contributed by atoms with Gasteiger partial charge in [-0.05, 0) is 72.8 Å². The monoisotopic (exact) mass is 596 g/mol. The van der Waals surface area contributed by atoms with Crippen molar-refractivity contribution < 1.29 is 9.13 Å². The molecular formula is C29H22BrFN8O. The lowest BCUT2D eigenvalue weighted by Gasteiger charge is -2.36. The third-order valence-electron chi connectivity index (χ3n) is 6.49. The van der Waals surface area contributed by atoms with Crippen LogP contribution in [0.15, 0.2) is 83.5 Å². The summed E-state index contributed by atoms with van der Waals surface area (Å²) in [5.41, 5.74) is 3.03. The molecule has 198 valence electrons. The van der Waals surface area contributed by atoms with Crippen LogP contribution < -0.4 is 19.9 Å². The summed E-state index contributed by atoms with van der Waals surface area (Å²) in [6, 6.07) is 23.3. The molecule has 2 aromatic heterocycles. The van der Waals surface area contributed by atoms with Crippen molar-refractivity contribution >= 4 is 50.1 Å². The molecule has 0 aliphatic carbocycles. The van der Waals surface area contributed by atoms with Crippen LogP contribution in [0.1, 0.15) is 5.56 Å². The van der Waals surface area contributed by atoms with Gasteiger partial charge in [0.15, 0.2) is 0 Å². The predicted octanol–water partition coefficient (Wildman–Crippen LogP) is 6.06. The summed E-state index contributed by atoms with van der Waals surface area (Å²) in [5, 5.41) is 13.1. The Morgan fingerprint density at radius 3 is 2.38 bits per heavy atom. The first-order chi connectivity index (χ1) is 19.5. The normalized spacial score (nSPS) is 13.2. The highest BCUT2D eigenvalue weighted by molar-refractivity contribution is 9.10. The van der Waals surface area contributed by atoms with Crippen molar-refractivity contribution in [2.24, 2.45) is 0 Å². The molecule has 0 radical (unpaired) electrons. The van der Waals surface area contributed by atoms with Crippen molar-refractivity contribution in [1.82, 2.24) is 19.9 Å². The number of fused-ring (bicyclic) bond motifs is 1. The van der Waals surface area contributed by atoms with Crippen molar-refractivity contribution in [3.05, 3.63) is 94.8 Å². The second-order valence-corrected chi connectivity index (χ2v) is 9.99. The molecule has 0 atom stereocenters. The largest absolute Gasteiger partial charge is 0.423 e. The minimum Gasteiger partial charge on any atom is -0.423 e. The Labute approximate surface area is 238 Å². The van der Waals surface area contributed by atoms with E-state index in [0.717, 1.165) is 39.8 Å². The number of nitriles is 1. The van der Waals surface area contributed by atoms with Gasteiger partial charge in [-0.25, -0.2) is 4.39 Å². The molecule has 1 aliphatic heterocycles. The number of rotatable bonds is 6. The number of ether oxygens (including phenoxy) is 1. The van der Waals surface area contributed by atoms with Crippen LogP contribution in [0, 0.1) is 17.1 Å². The number of hydrogen-bond acceptors (Lipinski definition) is 9. The van der Waals surface area contributed by atoms with Gasteiger partial charge < -0.3 is 19.9 Å². The van der Waals surface area contributed by atoms with Gasteiger partial charge in [0, 0.05) is 53.6 Å². The Balaban J connectivity index is 1.30. The van der Waals surface area contributed by atoms with Crippen molar-refractivity contribution in [3.8, 4) is 17.8 Å². The molecule has 1 N–H and O–H groups in total. The summed E-state index contributed by atoms with van der Waals surface area (Å²) in [6.07, 6.45) is 1.68. The van der Waals surface area contributed by atoms with E-state index < -0.39 is 0 Å². The van der Waals surface area contributed by atoms with E-state index >= 15 is 0 Å². The van der Waals surface area contributed by atoms with Gasteiger partial charge in [-0.2, -0.15) is 20.2 Å². The smallest absolute Gasteiger partial charge is 0.328 e. The molecule has 9 nitrogen and oxygen atoms in total. The fourth-order valence-electron chi connectivity index (χ4n) is 4.44. The predicted molar refractivity (Wildman–Crippen MR) is 155 cm³/mol. The number of piperazine rings is 1. The van der Waals surface area contributed by atoms with Crippen LogP contribution in [0.3, 0.4) is 0 Å². The molecule has 0 unspecified atom stereocenters. The van der Waals surface area contributed by atoms with Gasteiger partial charge in [0.25, 0.3) is 0 Å². The Morgan fingerprint density at radius 1 is 0.875 bits per heavy atom.